The van der Waals surface area contributed by atoms with E-state index in [4.69, 9.17) is 0 Å². The Morgan fingerprint density at radius 2 is 1.05 bits per heavy atom. The largest absolute Gasteiger partial charge is 0.334 e. The van der Waals surface area contributed by atoms with Crippen LogP contribution < -0.4 is 9.80 Å². The van der Waals surface area contributed by atoms with Crippen LogP contribution in [0, 0.1) is 0 Å². The second-order valence-corrected chi connectivity index (χ2v) is 16.0. The van der Waals surface area contributed by atoms with Crippen molar-refractivity contribution in [2.24, 2.45) is 0 Å². The summed E-state index contributed by atoms with van der Waals surface area (Å²) in [5.41, 5.74) is 14.5. The zero-order valence-electron chi connectivity index (χ0n) is 33.8. The summed E-state index contributed by atoms with van der Waals surface area (Å²) in [6.45, 7) is 0. The van der Waals surface area contributed by atoms with Crippen molar-refractivity contribution < 1.29 is 0 Å². The van der Waals surface area contributed by atoms with Gasteiger partial charge in [0.25, 0.3) is 0 Å². The monoisotopic (exact) mass is 772 g/mol. The van der Waals surface area contributed by atoms with Crippen LogP contribution in [0.4, 0.5) is 28.4 Å². The van der Waals surface area contributed by atoms with Gasteiger partial charge in [0, 0.05) is 28.1 Å². The molecule has 0 fully saturated rings. The molecule has 290 valence electrons. The zero-order chi connectivity index (χ0) is 40.1. The van der Waals surface area contributed by atoms with E-state index in [-0.39, 0.29) is 6.04 Å². The van der Waals surface area contributed by atoms with Gasteiger partial charge in [0.05, 0.1) is 11.7 Å². The van der Waals surface area contributed by atoms with Gasteiger partial charge in [-0.05, 0) is 137 Å². The van der Waals surface area contributed by atoms with Crippen molar-refractivity contribution >= 4 is 44.8 Å². The minimum absolute atomic E-state index is 0.205. The Labute approximate surface area is 354 Å². The molecule has 0 N–H and O–H groups in total. The first-order valence-corrected chi connectivity index (χ1v) is 21.4. The molecule has 0 heterocycles. The maximum absolute atomic E-state index is 2.49. The van der Waals surface area contributed by atoms with Crippen molar-refractivity contribution in [2.45, 2.75) is 37.6 Å². The van der Waals surface area contributed by atoms with Crippen LogP contribution in [-0.2, 0) is 0 Å². The first-order chi connectivity index (χ1) is 29.7. The number of rotatable bonds is 10. The smallest absolute Gasteiger partial charge is 0.0560 e. The molecule has 2 unspecified atom stereocenters. The van der Waals surface area contributed by atoms with E-state index in [9.17, 15) is 0 Å². The highest BCUT2D eigenvalue weighted by atomic mass is 15.2. The molecule has 8 aromatic carbocycles. The van der Waals surface area contributed by atoms with Crippen molar-refractivity contribution in [1.82, 2.24) is 0 Å². The summed E-state index contributed by atoms with van der Waals surface area (Å²) in [5.74, 6) is 0.617. The lowest BCUT2D eigenvalue weighted by atomic mass is 9.87. The molecule has 2 aliphatic rings. The molecular weight excluding hydrogens is 725 g/mol. The third-order valence-electron chi connectivity index (χ3n) is 12.2. The predicted molar refractivity (Wildman–Crippen MR) is 256 cm³/mol. The fraction of sp³-hybridized carbons (Fsp3) is 0.103. The van der Waals surface area contributed by atoms with Gasteiger partial charge in [-0.1, -0.05) is 170 Å². The van der Waals surface area contributed by atoms with E-state index in [2.05, 4.69) is 240 Å². The predicted octanol–water partition coefficient (Wildman–Crippen LogP) is 16.0. The summed E-state index contributed by atoms with van der Waals surface area (Å²) in [6.07, 6.45) is 16.2. The summed E-state index contributed by atoms with van der Waals surface area (Å²) in [7, 11) is 0. The highest BCUT2D eigenvalue weighted by Gasteiger charge is 2.23. The summed E-state index contributed by atoms with van der Waals surface area (Å²) in [5, 5.41) is 2.43. The number of benzene rings is 8. The van der Waals surface area contributed by atoms with Crippen LogP contribution >= 0.6 is 0 Å². The average Bonchev–Trinajstić information content (AvgIpc) is 3.34. The van der Waals surface area contributed by atoms with E-state index in [1.54, 1.807) is 0 Å². The maximum atomic E-state index is 2.49. The Balaban J connectivity index is 0.990. The van der Waals surface area contributed by atoms with Gasteiger partial charge in [0.15, 0.2) is 0 Å². The van der Waals surface area contributed by atoms with Gasteiger partial charge >= 0.3 is 0 Å². The molecule has 2 atom stereocenters. The van der Waals surface area contributed by atoms with E-state index < -0.39 is 0 Å². The molecule has 8 aromatic rings. The van der Waals surface area contributed by atoms with E-state index in [1.165, 1.54) is 73.9 Å². The van der Waals surface area contributed by atoms with Gasteiger partial charge in [0.2, 0.25) is 0 Å². The van der Waals surface area contributed by atoms with Crippen LogP contribution in [0.3, 0.4) is 0 Å². The van der Waals surface area contributed by atoms with E-state index >= 15 is 0 Å². The molecule has 60 heavy (non-hydrogen) atoms. The third-order valence-corrected chi connectivity index (χ3v) is 12.2. The van der Waals surface area contributed by atoms with Crippen molar-refractivity contribution in [3.8, 4) is 22.3 Å². The lowest BCUT2D eigenvalue weighted by molar-refractivity contribution is 0.617. The molecule has 0 saturated heterocycles. The van der Waals surface area contributed by atoms with Crippen molar-refractivity contribution in [3.05, 3.63) is 242 Å². The first kappa shape index (κ1) is 37.1. The first-order valence-electron chi connectivity index (χ1n) is 21.4. The molecule has 2 heteroatoms. The van der Waals surface area contributed by atoms with Crippen LogP contribution in [0.5, 0.6) is 0 Å². The Morgan fingerprint density at radius 1 is 0.433 bits per heavy atom. The van der Waals surface area contributed by atoms with E-state index in [1.807, 2.05) is 0 Å². The van der Waals surface area contributed by atoms with Gasteiger partial charge < -0.3 is 9.80 Å². The Morgan fingerprint density at radius 3 is 1.70 bits per heavy atom. The molecule has 0 aliphatic heterocycles. The molecule has 2 aliphatic carbocycles. The average molecular weight is 773 g/mol. The molecule has 0 spiro atoms. The van der Waals surface area contributed by atoms with Crippen LogP contribution in [0.25, 0.3) is 38.6 Å². The molecule has 2 nitrogen and oxygen atoms in total. The summed E-state index contributed by atoms with van der Waals surface area (Å²) in [4.78, 5) is 4.92. The fourth-order valence-electron chi connectivity index (χ4n) is 9.11. The second kappa shape index (κ2) is 17.0. The summed E-state index contributed by atoms with van der Waals surface area (Å²) >= 11 is 0. The zero-order valence-corrected chi connectivity index (χ0v) is 33.8. The molecule has 0 bridgehead atoms. The number of allylic oxidation sites excluding steroid dienone is 4. The van der Waals surface area contributed by atoms with Gasteiger partial charge in [-0.3, -0.25) is 0 Å². The maximum Gasteiger partial charge on any atom is 0.0560 e. The lowest BCUT2D eigenvalue weighted by Crippen LogP contribution is -2.30. The van der Waals surface area contributed by atoms with Crippen molar-refractivity contribution in [2.75, 3.05) is 9.80 Å². The Hall–Kier alpha value is -7.16. The van der Waals surface area contributed by atoms with E-state index in [0.29, 0.717) is 5.92 Å². The minimum Gasteiger partial charge on any atom is -0.334 e. The number of fused-ring (bicyclic) bond motifs is 1. The minimum atomic E-state index is 0.205. The molecule has 10 rings (SSSR count). The number of anilines is 5. The number of para-hydroxylation sites is 1. The van der Waals surface area contributed by atoms with Crippen LogP contribution in [-0.4, -0.2) is 6.04 Å². The van der Waals surface area contributed by atoms with Gasteiger partial charge in [0.1, 0.15) is 0 Å². The molecule has 0 amide bonds. The third kappa shape index (κ3) is 7.73. The topological polar surface area (TPSA) is 6.48 Å². The van der Waals surface area contributed by atoms with Crippen LogP contribution in [0.2, 0.25) is 0 Å². The molecule has 0 aromatic heterocycles. The standard InChI is InChI=1S/C58H48N2/c1-5-16-43(17-6-1)46-28-34-53(35-29-46)59(52-24-11-4-12-25-52)54-36-30-47(31-37-54)48-32-38-55(39-33-48)60(58-27-15-23-49-22-13-14-26-57(49)58)56-41-50(44-18-7-2-8-19-44)40-51(42-56)45-20-9-3-10-21-45/h1-5,7-15,18-36,38-43,54H,6,16-17,37H2. The van der Waals surface area contributed by atoms with Crippen LogP contribution in [0.1, 0.15) is 42.7 Å². The van der Waals surface area contributed by atoms with Crippen LogP contribution in [0.15, 0.2) is 231 Å². The summed E-state index contributed by atoms with van der Waals surface area (Å²) < 4.78 is 0. The number of hydrogen-bond acceptors (Lipinski definition) is 2. The Kier molecular flexibility index (Phi) is 10.5. The quantitative estimate of drug-likeness (QED) is 0.128. The van der Waals surface area contributed by atoms with Gasteiger partial charge in [-0.25, -0.2) is 0 Å². The van der Waals surface area contributed by atoms with Gasteiger partial charge in [-0.15, -0.1) is 0 Å². The molecular formula is C58H48N2. The molecule has 0 radical (unpaired) electrons. The normalized spacial score (nSPS) is 16.0. The van der Waals surface area contributed by atoms with E-state index in [0.717, 1.165) is 29.9 Å². The fourth-order valence-corrected chi connectivity index (χ4v) is 9.11. The highest BCUT2D eigenvalue weighted by molar-refractivity contribution is 6.00. The molecule has 0 saturated carbocycles. The summed E-state index contributed by atoms with van der Waals surface area (Å²) in [6, 6.07) is 73.3. The van der Waals surface area contributed by atoms with Crippen molar-refractivity contribution in [1.29, 1.82) is 0 Å². The number of nitrogens with zero attached hydrogens (tertiary/aromatic N) is 2. The van der Waals surface area contributed by atoms with Crippen molar-refractivity contribution in [3.63, 3.8) is 0 Å². The lowest BCUT2D eigenvalue weighted by Gasteiger charge is -2.33. The second-order valence-electron chi connectivity index (χ2n) is 16.0. The van der Waals surface area contributed by atoms with Gasteiger partial charge in [-0.2, -0.15) is 0 Å². The Bertz CT molecular complexity index is 2740. The SMILES string of the molecule is C1=CCC(c2ccc(N(c3ccccc3)C3C=CC(c4ccc(N(c5cc(-c6ccccc6)cc(-c6ccccc6)c5)c5cccc6ccccc56)cc4)=CC3)cc2)CC1. The highest BCUT2D eigenvalue weighted by Crippen LogP contribution is 2.43. The number of hydrogen-bond donors (Lipinski definition) is 0.